The maximum atomic E-state index is 10.2. The summed E-state index contributed by atoms with van der Waals surface area (Å²) in [6.07, 6.45) is 1.43. The van der Waals surface area contributed by atoms with Gasteiger partial charge in [0.15, 0.2) is 8.32 Å². The summed E-state index contributed by atoms with van der Waals surface area (Å²) in [6.45, 7) is 14.6. The van der Waals surface area contributed by atoms with E-state index in [4.69, 9.17) is 4.43 Å². The van der Waals surface area contributed by atoms with Gasteiger partial charge in [0.25, 0.3) is 0 Å². The van der Waals surface area contributed by atoms with Gasteiger partial charge in [0.2, 0.25) is 0 Å². The van der Waals surface area contributed by atoms with E-state index in [1.165, 1.54) is 0 Å². The first kappa shape index (κ1) is 21.2. The number of aliphatic hydroxyl groups excluding tert-OH is 1. The highest BCUT2D eigenvalue weighted by molar-refractivity contribution is 7.11. The maximum Gasteiger partial charge on any atom is 0.193 e. The first-order valence-electron chi connectivity index (χ1n) is 9.16. The minimum Gasteiger partial charge on any atom is -0.408 e. The molecule has 0 unspecified atom stereocenters. The quantitative estimate of drug-likeness (QED) is 0.617. The van der Waals surface area contributed by atoms with Crippen LogP contribution < -0.4 is 5.32 Å². The molecule has 0 aliphatic rings. The van der Waals surface area contributed by atoms with Crippen LogP contribution in [0.5, 0.6) is 0 Å². The molecule has 144 valence electrons. The molecule has 0 spiro atoms. The van der Waals surface area contributed by atoms with Gasteiger partial charge in [-0.05, 0) is 30.6 Å². The molecule has 26 heavy (non-hydrogen) atoms. The molecule has 0 saturated heterocycles. The Balaban J connectivity index is 1.85. The highest BCUT2D eigenvalue weighted by Crippen LogP contribution is 2.40. The molecule has 1 heterocycles. The first-order chi connectivity index (χ1) is 12.1. The molecule has 6 heteroatoms. The van der Waals surface area contributed by atoms with Crippen LogP contribution in [-0.2, 0) is 11.0 Å². The van der Waals surface area contributed by atoms with Gasteiger partial charge >= 0.3 is 0 Å². The number of nitrogens with one attached hydrogen (secondary N) is 1. The second-order valence-corrected chi connectivity index (χ2v) is 14.1. The van der Waals surface area contributed by atoms with Crippen molar-refractivity contribution in [2.75, 3.05) is 6.54 Å². The van der Waals surface area contributed by atoms with Crippen molar-refractivity contribution in [1.82, 2.24) is 10.3 Å². The Labute approximate surface area is 162 Å². The van der Waals surface area contributed by atoms with Crippen LogP contribution in [0.3, 0.4) is 0 Å². The fourth-order valence-corrected chi connectivity index (χ4v) is 4.69. The van der Waals surface area contributed by atoms with E-state index in [0.29, 0.717) is 13.1 Å². The van der Waals surface area contributed by atoms with E-state index in [2.05, 4.69) is 51.1 Å². The van der Waals surface area contributed by atoms with Gasteiger partial charge in [0.1, 0.15) is 5.01 Å². The lowest BCUT2D eigenvalue weighted by molar-refractivity contribution is 0.174. The van der Waals surface area contributed by atoms with E-state index in [9.17, 15) is 5.11 Å². The van der Waals surface area contributed by atoms with Crippen molar-refractivity contribution >= 4 is 19.7 Å². The summed E-state index contributed by atoms with van der Waals surface area (Å²) in [4.78, 5) is 5.71. The molecule has 1 aromatic heterocycles. The average Bonchev–Trinajstić information content (AvgIpc) is 3.03. The number of aliphatic hydroxyl groups is 1. The number of aromatic nitrogens is 1. The fraction of sp³-hybridized carbons (Fsp3) is 0.550. The van der Waals surface area contributed by atoms with Gasteiger partial charge in [-0.25, -0.2) is 4.98 Å². The third-order valence-electron chi connectivity index (χ3n) is 5.02. The summed E-state index contributed by atoms with van der Waals surface area (Å²) in [7, 11) is -1.80. The van der Waals surface area contributed by atoms with Crippen molar-refractivity contribution in [1.29, 1.82) is 0 Å². The molecule has 4 nitrogen and oxygen atoms in total. The highest BCUT2D eigenvalue weighted by Gasteiger charge is 2.39. The summed E-state index contributed by atoms with van der Waals surface area (Å²) in [5, 5.41) is 14.7. The van der Waals surface area contributed by atoms with Gasteiger partial charge in [-0.2, -0.15) is 0 Å². The summed E-state index contributed by atoms with van der Waals surface area (Å²) >= 11 is 1.68. The second-order valence-electron chi connectivity index (χ2n) is 8.24. The lowest BCUT2D eigenvalue weighted by Gasteiger charge is -2.38. The molecule has 2 atom stereocenters. The van der Waals surface area contributed by atoms with Crippen molar-refractivity contribution in [2.45, 2.75) is 64.6 Å². The van der Waals surface area contributed by atoms with E-state index < -0.39 is 14.4 Å². The molecule has 0 fully saturated rings. The van der Waals surface area contributed by atoms with Crippen LogP contribution in [0.1, 0.15) is 55.4 Å². The second kappa shape index (κ2) is 8.76. The first-order valence-corrected chi connectivity index (χ1v) is 12.9. The van der Waals surface area contributed by atoms with Crippen molar-refractivity contribution in [3.05, 3.63) is 52.0 Å². The van der Waals surface area contributed by atoms with E-state index in [1.807, 2.05) is 36.5 Å². The van der Waals surface area contributed by atoms with E-state index in [-0.39, 0.29) is 11.1 Å². The standard InChI is InChI=1S/C20H32N2O2SSi/c1-15(24-26(5,6)20(2,3)4)19-22-13-17(25-19)12-21-14-18(23)16-10-8-7-9-11-16/h7-11,13,15,18,21,23H,12,14H2,1-6H3/t15-,18-/m1/s1. The zero-order valence-electron chi connectivity index (χ0n) is 16.7. The molecule has 0 aliphatic carbocycles. The van der Waals surface area contributed by atoms with Crippen LogP contribution in [0.2, 0.25) is 18.1 Å². The topological polar surface area (TPSA) is 54.4 Å². The number of hydrogen-bond acceptors (Lipinski definition) is 5. The minimum atomic E-state index is -1.80. The number of hydrogen-bond donors (Lipinski definition) is 2. The zero-order valence-corrected chi connectivity index (χ0v) is 18.6. The number of benzene rings is 1. The van der Waals surface area contributed by atoms with E-state index in [1.54, 1.807) is 11.3 Å². The molecule has 0 aliphatic heterocycles. The van der Waals surface area contributed by atoms with Gasteiger partial charge in [0, 0.05) is 24.2 Å². The van der Waals surface area contributed by atoms with Crippen molar-refractivity contribution in [2.24, 2.45) is 0 Å². The average molecular weight is 393 g/mol. The summed E-state index contributed by atoms with van der Waals surface area (Å²) in [5.41, 5.74) is 0.932. The summed E-state index contributed by atoms with van der Waals surface area (Å²) in [6, 6.07) is 9.72. The largest absolute Gasteiger partial charge is 0.408 e. The van der Waals surface area contributed by atoms with Crippen molar-refractivity contribution in [3.63, 3.8) is 0 Å². The van der Waals surface area contributed by atoms with Crippen molar-refractivity contribution in [3.8, 4) is 0 Å². The molecule has 1 aromatic carbocycles. The van der Waals surface area contributed by atoms with Crippen LogP contribution in [0.15, 0.2) is 36.5 Å². The molecular weight excluding hydrogens is 360 g/mol. The van der Waals surface area contributed by atoms with E-state index >= 15 is 0 Å². The van der Waals surface area contributed by atoms with Gasteiger partial charge < -0.3 is 14.8 Å². The predicted molar refractivity (Wildman–Crippen MR) is 112 cm³/mol. The number of nitrogens with zero attached hydrogens (tertiary/aromatic N) is 1. The normalized spacial score (nSPS) is 15.0. The Morgan fingerprint density at radius 3 is 2.50 bits per heavy atom. The number of rotatable bonds is 8. The Bertz CT molecular complexity index is 683. The predicted octanol–water partition coefficient (Wildman–Crippen LogP) is 5.05. The minimum absolute atomic E-state index is 0.0181. The molecule has 0 bridgehead atoms. The molecule has 2 rings (SSSR count). The molecule has 2 aromatic rings. The Morgan fingerprint density at radius 1 is 1.23 bits per heavy atom. The summed E-state index contributed by atoms with van der Waals surface area (Å²) in [5.74, 6) is 0. The van der Waals surface area contributed by atoms with Crippen LogP contribution in [0, 0.1) is 0 Å². The van der Waals surface area contributed by atoms with Gasteiger partial charge in [-0.15, -0.1) is 11.3 Å². The molecule has 2 N–H and O–H groups in total. The van der Waals surface area contributed by atoms with Crippen molar-refractivity contribution < 1.29 is 9.53 Å². The molecular formula is C20H32N2O2SSi. The van der Waals surface area contributed by atoms with Crippen LogP contribution >= 0.6 is 11.3 Å². The maximum absolute atomic E-state index is 10.2. The van der Waals surface area contributed by atoms with Gasteiger partial charge in [-0.1, -0.05) is 51.1 Å². The van der Waals surface area contributed by atoms with Crippen LogP contribution in [0.4, 0.5) is 0 Å². The van der Waals surface area contributed by atoms with Gasteiger partial charge in [0.05, 0.1) is 12.2 Å². The van der Waals surface area contributed by atoms with Crippen LogP contribution in [0.25, 0.3) is 0 Å². The Kier molecular flexibility index (Phi) is 7.16. The Morgan fingerprint density at radius 2 is 1.88 bits per heavy atom. The highest BCUT2D eigenvalue weighted by atomic mass is 32.1. The van der Waals surface area contributed by atoms with Gasteiger partial charge in [-0.3, -0.25) is 0 Å². The fourth-order valence-electron chi connectivity index (χ4n) is 2.39. The zero-order chi connectivity index (χ0) is 19.4. The lowest BCUT2D eigenvalue weighted by atomic mass is 10.1. The third-order valence-corrected chi connectivity index (χ3v) is 10.7. The molecule has 0 radical (unpaired) electrons. The van der Waals surface area contributed by atoms with E-state index in [0.717, 1.165) is 15.4 Å². The Hall–Kier alpha value is -1.05. The smallest absolute Gasteiger partial charge is 0.193 e. The number of thiazole rings is 1. The summed E-state index contributed by atoms with van der Waals surface area (Å²) < 4.78 is 6.43. The lowest BCUT2D eigenvalue weighted by Crippen LogP contribution is -2.41. The molecule has 0 amide bonds. The third kappa shape index (κ3) is 5.72. The van der Waals surface area contributed by atoms with Crippen LogP contribution in [-0.4, -0.2) is 25.0 Å². The monoisotopic (exact) mass is 392 g/mol. The SMILES string of the molecule is C[C@@H](O[Si](C)(C)C(C)(C)C)c1ncc(CNC[C@@H](O)c2ccccc2)s1. The molecule has 0 saturated carbocycles.